The van der Waals surface area contributed by atoms with E-state index in [0.717, 1.165) is 6.07 Å². The number of amides is 1. The maximum Gasteiger partial charge on any atom is 0.416 e. The van der Waals surface area contributed by atoms with Crippen molar-refractivity contribution in [3.63, 3.8) is 0 Å². The number of alkyl halides is 3. The molecule has 0 saturated carbocycles. The van der Waals surface area contributed by atoms with E-state index in [-0.39, 0.29) is 5.91 Å². The highest BCUT2D eigenvalue weighted by atomic mass is 19.4. The third-order valence-corrected chi connectivity index (χ3v) is 6.70. The number of piperazine rings is 1. The van der Waals surface area contributed by atoms with E-state index in [2.05, 4.69) is 25.0 Å². The Kier molecular flexibility index (Phi) is 9.01. The Morgan fingerprint density at radius 3 is 2.31 bits per heavy atom. The molecule has 0 aliphatic carbocycles. The van der Waals surface area contributed by atoms with Gasteiger partial charge in [0.1, 0.15) is 5.75 Å². The van der Waals surface area contributed by atoms with Crippen molar-refractivity contribution in [1.82, 2.24) is 25.0 Å². The number of carbonyl (C=O) groups is 1. The number of ether oxygens (including phenoxy) is 1. The zero-order valence-corrected chi connectivity index (χ0v) is 22.4. The van der Waals surface area contributed by atoms with Crippen LogP contribution < -0.4 is 9.64 Å². The summed E-state index contributed by atoms with van der Waals surface area (Å²) in [7, 11) is 0. The zero-order valence-electron chi connectivity index (χ0n) is 22.4. The van der Waals surface area contributed by atoms with E-state index in [9.17, 15) is 18.0 Å². The van der Waals surface area contributed by atoms with E-state index in [1.807, 2.05) is 20.8 Å². The Morgan fingerprint density at radius 1 is 0.949 bits per heavy atom. The molecule has 2 aromatic heterocycles. The van der Waals surface area contributed by atoms with E-state index in [1.54, 1.807) is 41.6 Å². The van der Waals surface area contributed by atoms with Crippen LogP contribution in [0.3, 0.4) is 0 Å². The van der Waals surface area contributed by atoms with Gasteiger partial charge in [-0.05, 0) is 68.3 Å². The Hall–Kier alpha value is -3.73. The van der Waals surface area contributed by atoms with E-state index in [1.165, 1.54) is 6.07 Å². The third kappa shape index (κ3) is 7.03. The van der Waals surface area contributed by atoms with E-state index < -0.39 is 11.7 Å². The van der Waals surface area contributed by atoms with Crippen molar-refractivity contribution in [2.45, 2.75) is 33.5 Å². The molecule has 0 atom stereocenters. The van der Waals surface area contributed by atoms with Crippen LogP contribution in [-0.4, -0.2) is 76.8 Å². The molecule has 4 rings (SSSR count). The lowest BCUT2D eigenvalue weighted by Gasteiger charge is -2.35. The molecule has 3 heterocycles. The molecule has 1 saturated heterocycles. The fraction of sp³-hybridized carbons (Fsp3) is 0.429. The minimum absolute atomic E-state index is 0.148. The average Bonchev–Trinajstić information content (AvgIpc) is 2.94. The monoisotopic (exact) mass is 542 g/mol. The molecule has 3 aromatic rings. The largest absolute Gasteiger partial charge is 0.492 e. The van der Waals surface area contributed by atoms with Crippen LogP contribution in [0.2, 0.25) is 0 Å². The van der Waals surface area contributed by atoms with E-state index in [4.69, 9.17) is 4.74 Å². The molecule has 1 aliphatic rings. The van der Waals surface area contributed by atoms with E-state index >= 15 is 0 Å². The standard InChI is InChI=1S/C28H33F3N6O2/c1-4-36(5-2)27(38)25-7-8-26(34-33-25)37-11-9-35(10-12-37)19-20-13-21(15-23(14-20)28(29,30)31)22-16-24(39-6-3)18-32-17-22/h7-8,13-18H,4-6,9-12,19H2,1-3H3. The smallest absolute Gasteiger partial charge is 0.416 e. The number of carbonyl (C=O) groups excluding carboxylic acids is 1. The summed E-state index contributed by atoms with van der Waals surface area (Å²) >= 11 is 0. The van der Waals surface area contributed by atoms with E-state index in [0.29, 0.717) is 86.4 Å². The topological polar surface area (TPSA) is 74.7 Å². The Balaban J connectivity index is 1.44. The second kappa shape index (κ2) is 12.4. The third-order valence-electron chi connectivity index (χ3n) is 6.70. The lowest BCUT2D eigenvalue weighted by atomic mass is 10.00. The Bertz CT molecular complexity index is 1260. The fourth-order valence-electron chi connectivity index (χ4n) is 4.61. The number of hydrogen-bond donors (Lipinski definition) is 0. The summed E-state index contributed by atoms with van der Waals surface area (Å²) in [5, 5.41) is 8.39. The van der Waals surface area contributed by atoms with Gasteiger partial charge in [0.15, 0.2) is 11.5 Å². The Morgan fingerprint density at radius 2 is 1.69 bits per heavy atom. The van der Waals surface area contributed by atoms with Gasteiger partial charge >= 0.3 is 6.18 Å². The molecule has 11 heteroatoms. The molecule has 39 heavy (non-hydrogen) atoms. The number of nitrogens with zero attached hydrogens (tertiary/aromatic N) is 6. The first-order valence-electron chi connectivity index (χ1n) is 13.1. The summed E-state index contributed by atoms with van der Waals surface area (Å²) in [4.78, 5) is 22.5. The minimum atomic E-state index is -4.47. The second-order valence-corrected chi connectivity index (χ2v) is 9.28. The molecule has 0 bridgehead atoms. The molecule has 0 unspecified atom stereocenters. The van der Waals surface area contributed by atoms with Gasteiger partial charge in [0.05, 0.1) is 18.4 Å². The second-order valence-electron chi connectivity index (χ2n) is 9.28. The van der Waals surface area contributed by atoms with Crippen LogP contribution >= 0.6 is 0 Å². The molecule has 1 aromatic carbocycles. The van der Waals surface area contributed by atoms with Gasteiger partial charge in [0, 0.05) is 57.6 Å². The van der Waals surface area contributed by atoms with Gasteiger partial charge in [-0.25, -0.2) is 0 Å². The predicted octanol–water partition coefficient (Wildman–Crippen LogP) is 4.76. The molecule has 0 N–H and O–H groups in total. The fourth-order valence-corrected chi connectivity index (χ4v) is 4.61. The number of hydrogen-bond acceptors (Lipinski definition) is 7. The summed E-state index contributed by atoms with van der Waals surface area (Å²) in [6, 6.07) is 9.34. The summed E-state index contributed by atoms with van der Waals surface area (Å²) in [6.45, 7) is 10.3. The highest BCUT2D eigenvalue weighted by Gasteiger charge is 2.31. The van der Waals surface area contributed by atoms with Crippen LogP contribution in [0.1, 0.15) is 42.4 Å². The van der Waals surface area contributed by atoms with Crippen LogP contribution in [0.4, 0.5) is 19.0 Å². The maximum atomic E-state index is 13.7. The van der Waals surface area contributed by atoms with Gasteiger partial charge < -0.3 is 14.5 Å². The van der Waals surface area contributed by atoms with Crippen molar-refractivity contribution < 1.29 is 22.7 Å². The van der Waals surface area contributed by atoms with Gasteiger partial charge in [-0.3, -0.25) is 14.7 Å². The molecule has 208 valence electrons. The lowest BCUT2D eigenvalue weighted by Crippen LogP contribution is -2.46. The average molecular weight is 543 g/mol. The highest BCUT2D eigenvalue weighted by molar-refractivity contribution is 5.92. The number of rotatable bonds is 9. The molecular formula is C28H33F3N6O2. The van der Waals surface area contributed by atoms with Gasteiger partial charge in [-0.1, -0.05) is 0 Å². The maximum absolute atomic E-state index is 13.7. The number of anilines is 1. The molecule has 1 aliphatic heterocycles. The zero-order chi connectivity index (χ0) is 28.0. The van der Waals surface area contributed by atoms with Crippen molar-refractivity contribution in [2.24, 2.45) is 0 Å². The van der Waals surface area contributed by atoms with Crippen molar-refractivity contribution in [1.29, 1.82) is 0 Å². The van der Waals surface area contributed by atoms with Gasteiger partial charge in [0.2, 0.25) is 0 Å². The molecule has 0 radical (unpaired) electrons. The number of halogens is 3. The Labute approximate surface area is 226 Å². The summed E-state index contributed by atoms with van der Waals surface area (Å²) in [5.74, 6) is 1.04. The normalized spacial score (nSPS) is 14.4. The predicted molar refractivity (Wildman–Crippen MR) is 143 cm³/mol. The molecule has 8 nitrogen and oxygen atoms in total. The number of benzene rings is 1. The first kappa shape index (κ1) is 28.3. The first-order chi connectivity index (χ1) is 18.7. The van der Waals surface area contributed by atoms with Crippen LogP contribution in [0.15, 0.2) is 48.8 Å². The van der Waals surface area contributed by atoms with Gasteiger partial charge in [-0.2, -0.15) is 13.2 Å². The molecule has 1 fully saturated rings. The SMILES string of the molecule is CCOc1cncc(-c2cc(CN3CCN(c4ccc(C(=O)N(CC)CC)nn4)CC3)cc(C(F)(F)F)c2)c1. The summed E-state index contributed by atoms with van der Waals surface area (Å²) in [5.41, 5.74) is 1.21. The van der Waals surface area contributed by atoms with Gasteiger partial charge in [-0.15, -0.1) is 10.2 Å². The number of pyridine rings is 1. The van der Waals surface area contributed by atoms with Crippen molar-refractivity contribution >= 4 is 11.7 Å². The van der Waals surface area contributed by atoms with Crippen molar-refractivity contribution in [3.8, 4) is 16.9 Å². The first-order valence-corrected chi connectivity index (χ1v) is 13.1. The molecule has 0 spiro atoms. The van der Waals surface area contributed by atoms with Crippen LogP contribution in [0.5, 0.6) is 5.75 Å². The minimum Gasteiger partial charge on any atom is -0.492 e. The lowest BCUT2D eigenvalue weighted by molar-refractivity contribution is -0.137. The molecular weight excluding hydrogens is 509 g/mol. The summed E-state index contributed by atoms with van der Waals surface area (Å²) in [6.07, 6.45) is -1.38. The van der Waals surface area contributed by atoms with Crippen molar-refractivity contribution in [2.75, 3.05) is 50.8 Å². The van der Waals surface area contributed by atoms with Crippen LogP contribution in [-0.2, 0) is 12.7 Å². The quantitative estimate of drug-likeness (QED) is 0.386. The number of aromatic nitrogens is 3. The molecule has 1 amide bonds. The van der Waals surface area contributed by atoms with Gasteiger partial charge in [0.25, 0.3) is 5.91 Å². The summed E-state index contributed by atoms with van der Waals surface area (Å²) < 4.78 is 46.7. The highest BCUT2D eigenvalue weighted by Crippen LogP contribution is 2.34. The van der Waals surface area contributed by atoms with Crippen molar-refractivity contribution in [3.05, 3.63) is 65.6 Å². The van der Waals surface area contributed by atoms with Crippen LogP contribution in [0.25, 0.3) is 11.1 Å². The van der Waals surface area contributed by atoms with Crippen LogP contribution in [0, 0.1) is 0 Å².